The molecule has 0 aliphatic heterocycles. The summed E-state index contributed by atoms with van der Waals surface area (Å²) in [5.74, 6) is 0.712. The first-order valence-electron chi connectivity index (χ1n) is 7.99. The molecule has 0 N–H and O–H groups in total. The topological polar surface area (TPSA) is 9.23 Å². The molecule has 0 heterocycles. The quantitative estimate of drug-likeness (QED) is 0.356. The van der Waals surface area contributed by atoms with Crippen LogP contribution in [0.4, 0.5) is 0 Å². The van der Waals surface area contributed by atoms with E-state index in [1.165, 1.54) is 44.9 Å². The minimum Gasteiger partial charge on any atom is -0.384 e. The molecule has 1 nitrogen and oxygen atoms in total. The number of hydrogen-bond acceptors (Lipinski definition) is 1. The van der Waals surface area contributed by atoms with Crippen LogP contribution in [0.2, 0.25) is 0 Å². The van der Waals surface area contributed by atoms with E-state index in [2.05, 4.69) is 34.3 Å². The lowest BCUT2D eigenvalue weighted by Gasteiger charge is -2.30. The third-order valence-corrected chi connectivity index (χ3v) is 3.50. The second kappa shape index (κ2) is 14.1. The maximum Gasteiger partial charge on any atom is 0.0495 e. The van der Waals surface area contributed by atoms with E-state index in [9.17, 15) is 0 Å². The van der Waals surface area contributed by atoms with E-state index in [0.717, 1.165) is 6.61 Å². The predicted molar refractivity (Wildman–Crippen MR) is 88.7 cm³/mol. The lowest BCUT2D eigenvalue weighted by molar-refractivity contribution is 0.0826. The Bertz CT molecular complexity index is 179. The molecule has 0 aliphatic rings. The maximum atomic E-state index is 5.33. The van der Waals surface area contributed by atoms with Crippen molar-refractivity contribution in [2.75, 3.05) is 13.7 Å². The van der Waals surface area contributed by atoms with Gasteiger partial charge in [0.25, 0.3) is 0 Å². The Balaban J connectivity index is 0. The number of hydrogen-bond donors (Lipinski definition) is 0. The highest BCUT2D eigenvalue weighted by molar-refractivity contribution is 4.73. The van der Waals surface area contributed by atoms with Crippen molar-refractivity contribution in [3.05, 3.63) is 12.7 Å². The Hall–Kier alpha value is -0.300. The Kier molecular flexibility index (Phi) is 15.6. The van der Waals surface area contributed by atoms with E-state index >= 15 is 0 Å². The fourth-order valence-electron chi connectivity index (χ4n) is 2.14. The molecule has 19 heavy (non-hydrogen) atoms. The average molecular weight is 271 g/mol. The zero-order valence-electron chi connectivity index (χ0n) is 14.4. The van der Waals surface area contributed by atoms with Crippen LogP contribution in [0.5, 0.6) is 0 Å². The van der Waals surface area contributed by atoms with Crippen LogP contribution in [-0.2, 0) is 4.74 Å². The van der Waals surface area contributed by atoms with E-state index in [1.807, 2.05) is 14.0 Å². The molecule has 0 aromatic rings. The number of allylic oxidation sites excluding steroid dienone is 1. The molecule has 0 fully saturated rings. The first kappa shape index (κ1) is 21.0. The van der Waals surface area contributed by atoms with Crippen molar-refractivity contribution in [3.63, 3.8) is 0 Å². The highest BCUT2D eigenvalue weighted by atomic mass is 16.5. The Morgan fingerprint density at radius 3 is 1.95 bits per heavy atom. The molecular weight excluding hydrogens is 232 g/mol. The summed E-state index contributed by atoms with van der Waals surface area (Å²) in [6.45, 7) is 15.4. The van der Waals surface area contributed by atoms with Gasteiger partial charge in [-0.15, -0.1) is 6.58 Å². The summed E-state index contributed by atoms with van der Waals surface area (Å²) < 4.78 is 5.33. The first-order chi connectivity index (χ1) is 8.93. The van der Waals surface area contributed by atoms with Gasteiger partial charge in [-0.3, -0.25) is 0 Å². The molecule has 116 valence electrons. The zero-order valence-corrected chi connectivity index (χ0v) is 14.4. The van der Waals surface area contributed by atoms with Gasteiger partial charge in [0.1, 0.15) is 0 Å². The van der Waals surface area contributed by atoms with Crippen molar-refractivity contribution < 1.29 is 4.74 Å². The van der Waals surface area contributed by atoms with E-state index in [0.29, 0.717) is 11.3 Å². The van der Waals surface area contributed by atoms with Crippen molar-refractivity contribution >= 4 is 0 Å². The highest BCUT2D eigenvalue weighted by Gasteiger charge is 2.23. The number of rotatable bonds is 9. The summed E-state index contributed by atoms with van der Waals surface area (Å²) >= 11 is 0. The average Bonchev–Trinajstić information content (AvgIpc) is 2.32. The molecule has 0 aromatic carbocycles. The molecule has 0 aromatic heterocycles. The van der Waals surface area contributed by atoms with Crippen LogP contribution in [0.1, 0.15) is 79.6 Å². The Morgan fingerprint density at radius 1 is 1.05 bits per heavy atom. The van der Waals surface area contributed by atoms with Gasteiger partial charge in [0, 0.05) is 13.7 Å². The molecule has 0 spiro atoms. The monoisotopic (exact) mass is 270 g/mol. The van der Waals surface area contributed by atoms with Gasteiger partial charge < -0.3 is 4.74 Å². The molecule has 0 bridgehead atoms. The number of methoxy groups -OCH3 is 1. The largest absolute Gasteiger partial charge is 0.384 e. The Morgan fingerprint density at radius 2 is 1.53 bits per heavy atom. The minimum atomic E-state index is 0.388. The van der Waals surface area contributed by atoms with Gasteiger partial charge in [-0.05, 0) is 24.7 Å². The summed E-state index contributed by atoms with van der Waals surface area (Å²) in [5, 5.41) is 0. The SMILES string of the molecule is C=CC.CCCCCCCCC(COC)C(C)(C)C. The summed E-state index contributed by atoms with van der Waals surface area (Å²) in [7, 11) is 1.82. The molecule has 0 radical (unpaired) electrons. The summed E-state index contributed by atoms with van der Waals surface area (Å²) in [5.41, 5.74) is 0.388. The van der Waals surface area contributed by atoms with Gasteiger partial charge in [0.15, 0.2) is 0 Å². The fourth-order valence-corrected chi connectivity index (χ4v) is 2.14. The van der Waals surface area contributed by atoms with Crippen LogP contribution in [0.3, 0.4) is 0 Å². The van der Waals surface area contributed by atoms with Gasteiger partial charge in [-0.25, -0.2) is 0 Å². The normalized spacial score (nSPS) is 12.5. The van der Waals surface area contributed by atoms with Gasteiger partial charge in [-0.1, -0.05) is 72.3 Å². The van der Waals surface area contributed by atoms with E-state index < -0.39 is 0 Å². The van der Waals surface area contributed by atoms with Crippen LogP contribution in [0, 0.1) is 11.3 Å². The second-order valence-electron chi connectivity index (χ2n) is 6.48. The van der Waals surface area contributed by atoms with Crippen LogP contribution in [0.25, 0.3) is 0 Å². The van der Waals surface area contributed by atoms with Crippen molar-refractivity contribution in [1.82, 2.24) is 0 Å². The minimum absolute atomic E-state index is 0.388. The van der Waals surface area contributed by atoms with Crippen molar-refractivity contribution in [2.45, 2.75) is 79.6 Å². The van der Waals surface area contributed by atoms with Gasteiger partial charge in [0.05, 0.1) is 0 Å². The van der Waals surface area contributed by atoms with Gasteiger partial charge >= 0.3 is 0 Å². The summed E-state index contributed by atoms with van der Waals surface area (Å²) in [4.78, 5) is 0. The standard InChI is InChI=1S/C15H32O.C3H6/c1-6-7-8-9-10-11-12-14(13-16-5)15(2,3)4;1-3-2/h14H,6-13H2,1-5H3;3H,1H2,2H3. The summed E-state index contributed by atoms with van der Waals surface area (Å²) in [6, 6.07) is 0. The highest BCUT2D eigenvalue weighted by Crippen LogP contribution is 2.30. The Labute approximate surface area is 122 Å². The third kappa shape index (κ3) is 15.6. The molecule has 0 saturated carbocycles. The molecule has 1 heteroatoms. The van der Waals surface area contributed by atoms with Gasteiger partial charge in [-0.2, -0.15) is 0 Å². The lowest BCUT2D eigenvalue weighted by Crippen LogP contribution is -2.24. The van der Waals surface area contributed by atoms with E-state index in [-0.39, 0.29) is 0 Å². The molecule has 0 saturated heterocycles. The van der Waals surface area contributed by atoms with Crippen LogP contribution in [0.15, 0.2) is 12.7 Å². The third-order valence-electron chi connectivity index (χ3n) is 3.50. The molecule has 0 aliphatic carbocycles. The van der Waals surface area contributed by atoms with Crippen molar-refractivity contribution in [3.8, 4) is 0 Å². The molecule has 0 rings (SSSR count). The van der Waals surface area contributed by atoms with Crippen LogP contribution in [-0.4, -0.2) is 13.7 Å². The number of unbranched alkanes of at least 4 members (excludes halogenated alkanes) is 5. The molecular formula is C18H38O. The van der Waals surface area contributed by atoms with E-state index in [1.54, 1.807) is 6.08 Å². The molecule has 1 atom stereocenters. The fraction of sp³-hybridized carbons (Fsp3) is 0.889. The first-order valence-corrected chi connectivity index (χ1v) is 7.99. The maximum absolute atomic E-state index is 5.33. The van der Waals surface area contributed by atoms with Crippen LogP contribution < -0.4 is 0 Å². The zero-order chi connectivity index (χ0) is 15.1. The predicted octanol–water partition coefficient (Wildman–Crippen LogP) is 6.24. The van der Waals surface area contributed by atoms with E-state index in [4.69, 9.17) is 4.74 Å². The van der Waals surface area contributed by atoms with Crippen molar-refractivity contribution in [1.29, 1.82) is 0 Å². The van der Waals surface area contributed by atoms with Crippen molar-refractivity contribution in [2.24, 2.45) is 11.3 Å². The second-order valence-corrected chi connectivity index (χ2v) is 6.48. The molecule has 0 amide bonds. The molecule has 1 unspecified atom stereocenters. The summed E-state index contributed by atoms with van der Waals surface area (Å²) in [6.07, 6.45) is 11.4. The smallest absolute Gasteiger partial charge is 0.0495 e. The lowest BCUT2D eigenvalue weighted by atomic mass is 9.78. The van der Waals surface area contributed by atoms with Crippen LogP contribution >= 0.6 is 0 Å². The number of ether oxygens (including phenoxy) is 1. The van der Waals surface area contributed by atoms with Gasteiger partial charge in [0.2, 0.25) is 0 Å².